The van der Waals surface area contributed by atoms with Gasteiger partial charge in [-0.15, -0.1) is 0 Å². The van der Waals surface area contributed by atoms with Crippen molar-refractivity contribution in [3.05, 3.63) is 34.3 Å². The summed E-state index contributed by atoms with van der Waals surface area (Å²) < 4.78 is 0. The molecule has 0 bridgehead atoms. The first-order chi connectivity index (χ1) is 8.50. The third-order valence-electron chi connectivity index (χ3n) is 3.65. The molecule has 1 saturated heterocycles. The lowest BCUT2D eigenvalue weighted by atomic mass is 9.98. The normalized spacial score (nSPS) is 24.1. The maximum atomic E-state index is 12.5. The Morgan fingerprint density at radius 1 is 1.50 bits per heavy atom. The Morgan fingerprint density at radius 3 is 2.89 bits per heavy atom. The van der Waals surface area contributed by atoms with Crippen molar-refractivity contribution >= 4 is 33.4 Å². The van der Waals surface area contributed by atoms with Gasteiger partial charge in [-0.1, -0.05) is 40.5 Å². The van der Waals surface area contributed by atoms with Gasteiger partial charge >= 0.3 is 0 Å². The Morgan fingerprint density at radius 2 is 2.22 bits per heavy atom. The summed E-state index contributed by atoms with van der Waals surface area (Å²) in [4.78, 5) is 14.8. The Hall–Kier alpha value is -0.540. The second-order valence-electron chi connectivity index (χ2n) is 4.95. The molecule has 2 nitrogen and oxygen atoms in total. The van der Waals surface area contributed by atoms with Gasteiger partial charge < -0.3 is 4.90 Å². The average molecular weight is 331 g/mol. The molecule has 1 aliphatic heterocycles. The molecule has 0 N–H and O–H groups in total. The zero-order valence-electron chi connectivity index (χ0n) is 10.6. The van der Waals surface area contributed by atoms with Crippen molar-refractivity contribution in [1.82, 2.24) is 4.90 Å². The summed E-state index contributed by atoms with van der Waals surface area (Å²) in [6, 6.07) is 5.50. The van der Waals surface area contributed by atoms with Gasteiger partial charge in [0.15, 0.2) is 0 Å². The quantitative estimate of drug-likeness (QED) is 0.715. The highest BCUT2D eigenvalue weighted by Gasteiger charge is 2.28. The van der Waals surface area contributed by atoms with Crippen LogP contribution in [0, 0.1) is 12.8 Å². The number of carbonyl (C=O) groups is 1. The molecule has 0 radical (unpaired) electrons. The SMILES string of the molecule is Cc1c(Cl)cccc1C(=O)N1CCC(C)C(Br)C1. The van der Waals surface area contributed by atoms with Crippen molar-refractivity contribution in [1.29, 1.82) is 0 Å². The molecule has 2 rings (SSSR count). The third-order valence-corrected chi connectivity index (χ3v) is 5.25. The number of hydrogen-bond donors (Lipinski definition) is 0. The fraction of sp³-hybridized carbons (Fsp3) is 0.500. The molecule has 1 aliphatic rings. The molecule has 18 heavy (non-hydrogen) atoms. The number of likely N-dealkylation sites (tertiary alicyclic amines) is 1. The molecule has 0 aromatic heterocycles. The second-order valence-corrected chi connectivity index (χ2v) is 6.53. The highest BCUT2D eigenvalue weighted by atomic mass is 79.9. The smallest absolute Gasteiger partial charge is 0.254 e. The molecule has 1 amide bonds. The van der Waals surface area contributed by atoms with Crippen LogP contribution in [-0.4, -0.2) is 28.7 Å². The summed E-state index contributed by atoms with van der Waals surface area (Å²) in [6.07, 6.45) is 1.04. The molecule has 4 heteroatoms. The average Bonchev–Trinajstić information content (AvgIpc) is 2.35. The van der Waals surface area contributed by atoms with E-state index >= 15 is 0 Å². The maximum Gasteiger partial charge on any atom is 0.254 e. The topological polar surface area (TPSA) is 20.3 Å². The number of benzene rings is 1. The first-order valence-electron chi connectivity index (χ1n) is 6.19. The van der Waals surface area contributed by atoms with E-state index in [2.05, 4.69) is 22.9 Å². The van der Waals surface area contributed by atoms with Gasteiger partial charge in [-0.3, -0.25) is 4.79 Å². The van der Waals surface area contributed by atoms with E-state index in [1.54, 1.807) is 0 Å². The van der Waals surface area contributed by atoms with Gasteiger partial charge in [0, 0.05) is 28.5 Å². The van der Waals surface area contributed by atoms with Crippen LogP contribution in [0.2, 0.25) is 5.02 Å². The van der Waals surface area contributed by atoms with Gasteiger partial charge in [-0.05, 0) is 37.0 Å². The van der Waals surface area contributed by atoms with E-state index in [0.717, 1.165) is 30.6 Å². The van der Waals surface area contributed by atoms with Crippen molar-refractivity contribution in [3.8, 4) is 0 Å². The minimum Gasteiger partial charge on any atom is -0.337 e. The maximum absolute atomic E-state index is 12.5. The van der Waals surface area contributed by atoms with E-state index in [0.29, 0.717) is 15.8 Å². The summed E-state index contributed by atoms with van der Waals surface area (Å²) in [5.74, 6) is 0.709. The van der Waals surface area contributed by atoms with Gasteiger partial charge in [0.2, 0.25) is 0 Å². The van der Waals surface area contributed by atoms with Crippen LogP contribution >= 0.6 is 27.5 Å². The van der Waals surface area contributed by atoms with Crippen LogP contribution in [0.15, 0.2) is 18.2 Å². The number of rotatable bonds is 1. The van der Waals surface area contributed by atoms with E-state index in [9.17, 15) is 4.79 Å². The fourth-order valence-electron chi connectivity index (χ4n) is 2.22. The van der Waals surface area contributed by atoms with Crippen LogP contribution < -0.4 is 0 Å². The van der Waals surface area contributed by atoms with Crippen molar-refractivity contribution in [3.63, 3.8) is 0 Å². The molecule has 1 fully saturated rings. The molecule has 2 atom stereocenters. The summed E-state index contributed by atoms with van der Waals surface area (Å²) in [7, 11) is 0. The van der Waals surface area contributed by atoms with Gasteiger partial charge in [0.05, 0.1) is 0 Å². The molecule has 0 spiro atoms. The molecular weight excluding hydrogens is 314 g/mol. The Bertz CT molecular complexity index is 463. The van der Waals surface area contributed by atoms with Crippen molar-refractivity contribution in [2.75, 3.05) is 13.1 Å². The van der Waals surface area contributed by atoms with Crippen LogP contribution in [0.25, 0.3) is 0 Å². The number of amides is 1. The van der Waals surface area contributed by atoms with Crippen LogP contribution in [0.1, 0.15) is 29.3 Å². The zero-order valence-corrected chi connectivity index (χ0v) is 13.0. The number of nitrogens with zero attached hydrogens (tertiary/aromatic N) is 1. The second kappa shape index (κ2) is 5.62. The largest absolute Gasteiger partial charge is 0.337 e. The van der Waals surface area contributed by atoms with Crippen LogP contribution in [0.4, 0.5) is 0 Å². The van der Waals surface area contributed by atoms with Crippen LogP contribution in [0.5, 0.6) is 0 Å². The fourth-order valence-corrected chi connectivity index (χ4v) is 3.00. The Kier molecular flexibility index (Phi) is 4.33. The molecule has 98 valence electrons. The lowest BCUT2D eigenvalue weighted by Crippen LogP contribution is -2.43. The zero-order chi connectivity index (χ0) is 13.3. The van der Waals surface area contributed by atoms with E-state index in [1.807, 2.05) is 30.0 Å². The number of halogens is 2. The molecule has 1 heterocycles. The van der Waals surface area contributed by atoms with Crippen molar-refractivity contribution in [2.45, 2.75) is 25.1 Å². The monoisotopic (exact) mass is 329 g/mol. The van der Waals surface area contributed by atoms with E-state index in [1.165, 1.54) is 0 Å². The molecule has 0 aliphatic carbocycles. The minimum absolute atomic E-state index is 0.0892. The highest BCUT2D eigenvalue weighted by molar-refractivity contribution is 9.09. The lowest BCUT2D eigenvalue weighted by molar-refractivity contribution is 0.0705. The molecular formula is C14H17BrClNO. The predicted octanol–water partition coefficient (Wildman–Crippen LogP) is 3.89. The molecule has 1 aromatic carbocycles. The predicted molar refractivity (Wildman–Crippen MR) is 78.6 cm³/mol. The summed E-state index contributed by atoms with van der Waals surface area (Å²) >= 11 is 9.72. The number of piperidine rings is 1. The summed E-state index contributed by atoms with van der Waals surface area (Å²) in [5, 5.41) is 0.654. The van der Waals surface area contributed by atoms with E-state index in [4.69, 9.17) is 11.6 Å². The van der Waals surface area contributed by atoms with E-state index in [-0.39, 0.29) is 5.91 Å². The van der Waals surface area contributed by atoms with Gasteiger partial charge in [-0.25, -0.2) is 0 Å². The number of alkyl halides is 1. The number of hydrogen-bond acceptors (Lipinski definition) is 1. The molecule has 1 aromatic rings. The number of carbonyl (C=O) groups excluding carboxylic acids is 1. The Labute approximate surface area is 121 Å². The lowest BCUT2D eigenvalue weighted by Gasteiger charge is -2.34. The van der Waals surface area contributed by atoms with E-state index < -0.39 is 0 Å². The molecule has 0 saturated carbocycles. The summed E-state index contributed by atoms with van der Waals surface area (Å²) in [5.41, 5.74) is 1.59. The van der Waals surface area contributed by atoms with Crippen molar-refractivity contribution < 1.29 is 4.79 Å². The minimum atomic E-state index is 0.0892. The van der Waals surface area contributed by atoms with Gasteiger partial charge in [0.25, 0.3) is 5.91 Å². The van der Waals surface area contributed by atoms with Crippen LogP contribution in [-0.2, 0) is 0 Å². The third kappa shape index (κ3) is 2.72. The molecule has 2 unspecified atom stereocenters. The standard InChI is InChI=1S/C14H17BrClNO/c1-9-6-7-17(8-12(9)15)14(18)11-4-3-5-13(16)10(11)2/h3-5,9,12H,6-8H2,1-2H3. The highest BCUT2D eigenvalue weighted by Crippen LogP contribution is 2.26. The summed E-state index contributed by atoms with van der Waals surface area (Å²) in [6.45, 7) is 5.71. The first kappa shape index (κ1) is 13.9. The van der Waals surface area contributed by atoms with Gasteiger partial charge in [0.1, 0.15) is 0 Å². The van der Waals surface area contributed by atoms with Crippen LogP contribution in [0.3, 0.4) is 0 Å². The van der Waals surface area contributed by atoms with Crippen molar-refractivity contribution in [2.24, 2.45) is 5.92 Å². The van der Waals surface area contributed by atoms with Gasteiger partial charge in [-0.2, -0.15) is 0 Å². The first-order valence-corrected chi connectivity index (χ1v) is 7.48. The Balaban J connectivity index is 2.19.